The van der Waals surface area contributed by atoms with Crippen molar-refractivity contribution in [3.8, 4) is 5.82 Å². The van der Waals surface area contributed by atoms with Crippen LogP contribution in [0.25, 0.3) is 5.82 Å². The van der Waals surface area contributed by atoms with Gasteiger partial charge in [-0.05, 0) is 36.6 Å². The first-order valence-corrected chi connectivity index (χ1v) is 6.90. The molecule has 0 unspecified atom stereocenters. The first kappa shape index (κ1) is 13.7. The molecule has 2 aromatic rings. The molecule has 0 saturated carbocycles. The van der Waals surface area contributed by atoms with E-state index in [9.17, 15) is 0 Å². The summed E-state index contributed by atoms with van der Waals surface area (Å²) in [5.41, 5.74) is 2.40. The monoisotopic (exact) mass is 258 g/mol. The summed E-state index contributed by atoms with van der Waals surface area (Å²) in [6.07, 6.45) is 6.64. The zero-order chi connectivity index (χ0) is 13.7. The average molecular weight is 258 g/mol. The molecule has 0 aromatic carbocycles. The quantitative estimate of drug-likeness (QED) is 0.810. The van der Waals surface area contributed by atoms with Crippen LogP contribution in [0.3, 0.4) is 0 Å². The molecule has 0 atom stereocenters. The van der Waals surface area contributed by atoms with Gasteiger partial charge in [-0.15, -0.1) is 0 Å². The van der Waals surface area contributed by atoms with E-state index in [1.54, 1.807) is 12.5 Å². The van der Waals surface area contributed by atoms with E-state index in [0.29, 0.717) is 5.92 Å². The normalized spacial score (nSPS) is 11.2. The van der Waals surface area contributed by atoms with Gasteiger partial charge in [-0.25, -0.2) is 9.97 Å². The second-order valence-corrected chi connectivity index (χ2v) is 5.06. The molecule has 0 radical (unpaired) electrons. The van der Waals surface area contributed by atoms with E-state index in [2.05, 4.69) is 43.2 Å². The molecule has 0 fully saturated rings. The Morgan fingerprint density at radius 1 is 1.32 bits per heavy atom. The zero-order valence-corrected chi connectivity index (χ0v) is 11.9. The lowest BCUT2D eigenvalue weighted by Crippen LogP contribution is -2.15. The fourth-order valence-electron chi connectivity index (χ4n) is 1.93. The third-order valence-electron chi connectivity index (χ3n) is 3.01. The van der Waals surface area contributed by atoms with Crippen molar-refractivity contribution in [1.29, 1.82) is 0 Å². The highest BCUT2D eigenvalue weighted by molar-refractivity contribution is 5.32. The fraction of sp³-hybridized carbons (Fsp3) is 0.467. The van der Waals surface area contributed by atoms with E-state index in [0.717, 1.165) is 31.0 Å². The van der Waals surface area contributed by atoms with Crippen LogP contribution < -0.4 is 5.32 Å². The first-order valence-electron chi connectivity index (χ1n) is 6.90. The Hall–Kier alpha value is -1.68. The van der Waals surface area contributed by atoms with Crippen molar-refractivity contribution in [3.05, 3.63) is 42.1 Å². The third kappa shape index (κ3) is 3.64. The molecule has 1 N–H and O–H groups in total. The summed E-state index contributed by atoms with van der Waals surface area (Å²) >= 11 is 0. The fourth-order valence-corrected chi connectivity index (χ4v) is 1.93. The van der Waals surface area contributed by atoms with Gasteiger partial charge in [-0.1, -0.05) is 20.8 Å². The number of hydrogen-bond donors (Lipinski definition) is 1. The van der Waals surface area contributed by atoms with Gasteiger partial charge in [0, 0.05) is 24.6 Å². The topological polar surface area (TPSA) is 42.7 Å². The van der Waals surface area contributed by atoms with E-state index < -0.39 is 0 Å². The molecule has 0 aliphatic heterocycles. The van der Waals surface area contributed by atoms with Gasteiger partial charge < -0.3 is 5.32 Å². The molecule has 2 aromatic heterocycles. The van der Waals surface area contributed by atoms with Crippen molar-refractivity contribution in [2.24, 2.45) is 0 Å². The number of nitrogens with one attached hydrogen (secondary N) is 1. The number of pyridine rings is 1. The number of hydrogen-bond acceptors (Lipinski definition) is 3. The molecule has 0 spiro atoms. The first-order chi connectivity index (χ1) is 9.20. The van der Waals surface area contributed by atoms with Crippen LogP contribution in [-0.4, -0.2) is 21.1 Å². The highest BCUT2D eigenvalue weighted by Crippen LogP contribution is 2.17. The maximum absolute atomic E-state index is 4.70. The summed E-state index contributed by atoms with van der Waals surface area (Å²) in [6.45, 7) is 8.44. The van der Waals surface area contributed by atoms with Gasteiger partial charge in [-0.2, -0.15) is 0 Å². The number of aromatic nitrogens is 3. The molecule has 2 heterocycles. The van der Waals surface area contributed by atoms with Crippen LogP contribution in [0, 0.1) is 0 Å². The molecular weight excluding hydrogens is 236 g/mol. The highest BCUT2D eigenvalue weighted by atomic mass is 15.1. The van der Waals surface area contributed by atoms with Crippen LogP contribution in [0.4, 0.5) is 0 Å². The predicted molar refractivity (Wildman–Crippen MR) is 77.4 cm³/mol. The molecule has 4 heteroatoms. The lowest BCUT2D eigenvalue weighted by atomic mass is 10.1. The minimum atomic E-state index is 0.424. The van der Waals surface area contributed by atoms with E-state index in [4.69, 9.17) is 4.98 Å². The molecule has 2 rings (SSSR count). The van der Waals surface area contributed by atoms with Crippen molar-refractivity contribution in [3.63, 3.8) is 0 Å². The molecule has 4 nitrogen and oxygen atoms in total. The van der Waals surface area contributed by atoms with Gasteiger partial charge in [0.05, 0.1) is 0 Å². The number of rotatable bonds is 6. The lowest BCUT2D eigenvalue weighted by Gasteiger charge is -2.12. The largest absolute Gasteiger partial charge is 0.313 e. The van der Waals surface area contributed by atoms with E-state index >= 15 is 0 Å². The number of imidazole rings is 1. The van der Waals surface area contributed by atoms with Crippen LogP contribution in [-0.2, 0) is 6.54 Å². The Morgan fingerprint density at radius 3 is 2.79 bits per heavy atom. The van der Waals surface area contributed by atoms with Crippen molar-refractivity contribution in [2.75, 3.05) is 6.54 Å². The molecule has 0 saturated heterocycles. The molecule has 0 aliphatic rings. The second-order valence-electron chi connectivity index (χ2n) is 5.06. The molecule has 0 amide bonds. The van der Waals surface area contributed by atoms with Gasteiger partial charge in [-0.3, -0.25) is 4.57 Å². The van der Waals surface area contributed by atoms with Crippen molar-refractivity contribution < 1.29 is 0 Å². The van der Waals surface area contributed by atoms with Gasteiger partial charge in [0.1, 0.15) is 12.1 Å². The standard InChI is InChI=1S/C15H22N4/c1-4-5-16-10-13-8-14(12(2)3)18-15(9-13)19-7-6-17-11-19/h6-9,11-12,16H,4-5,10H2,1-3H3. The summed E-state index contributed by atoms with van der Waals surface area (Å²) in [5, 5.41) is 3.44. The summed E-state index contributed by atoms with van der Waals surface area (Å²) in [7, 11) is 0. The molecule has 0 bridgehead atoms. The Balaban J connectivity index is 2.27. The lowest BCUT2D eigenvalue weighted by molar-refractivity contribution is 0.671. The Bertz CT molecular complexity index is 503. The van der Waals surface area contributed by atoms with Crippen LogP contribution in [0.2, 0.25) is 0 Å². The predicted octanol–water partition coefficient (Wildman–Crippen LogP) is 2.89. The minimum absolute atomic E-state index is 0.424. The SMILES string of the molecule is CCCNCc1cc(C(C)C)nc(-n2ccnc2)c1. The summed E-state index contributed by atoms with van der Waals surface area (Å²) < 4.78 is 1.95. The molecule has 102 valence electrons. The van der Waals surface area contributed by atoms with Crippen LogP contribution in [0.1, 0.15) is 44.4 Å². The summed E-state index contributed by atoms with van der Waals surface area (Å²) in [5.74, 6) is 1.37. The van der Waals surface area contributed by atoms with Crippen LogP contribution in [0.15, 0.2) is 30.9 Å². The molecule has 19 heavy (non-hydrogen) atoms. The number of nitrogens with zero attached hydrogens (tertiary/aromatic N) is 3. The summed E-state index contributed by atoms with van der Waals surface area (Å²) in [6, 6.07) is 4.31. The Kier molecular flexibility index (Phi) is 4.68. The van der Waals surface area contributed by atoms with E-state index in [-0.39, 0.29) is 0 Å². The zero-order valence-electron chi connectivity index (χ0n) is 11.9. The smallest absolute Gasteiger partial charge is 0.138 e. The summed E-state index contributed by atoms with van der Waals surface area (Å²) in [4.78, 5) is 8.78. The van der Waals surface area contributed by atoms with E-state index in [1.165, 1.54) is 5.56 Å². The van der Waals surface area contributed by atoms with Gasteiger partial charge in [0.2, 0.25) is 0 Å². The Morgan fingerprint density at radius 2 is 2.16 bits per heavy atom. The van der Waals surface area contributed by atoms with Crippen molar-refractivity contribution in [2.45, 2.75) is 39.7 Å². The Labute approximate surface area is 114 Å². The highest BCUT2D eigenvalue weighted by Gasteiger charge is 2.07. The minimum Gasteiger partial charge on any atom is -0.313 e. The van der Waals surface area contributed by atoms with E-state index in [1.807, 2.05) is 10.8 Å². The average Bonchev–Trinajstić information content (AvgIpc) is 2.92. The van der Waals surface area contributed by atoms with Crippen LogP contribution in [0.5, 0.6) is 0 Å². The molecular formula is C15H22N4. The maximum atomic E-state index is 4.70. The second kappa shape index (κ2) is 6.48. The van der Waals surface area contributed by atoms with Crippen molar-refractivity contribution >= 4 is 0 Å². The third-order valence-corrected chi connectivity index (χ3v) is 3.01. The maximum Gasteiger partial charge on any atom is 0.138 e. The van der Waals surface area contributed by atoms with Gasteiger partial charge in [0.25, 0.3) is 0 Å². The van der Waals surface area contributed by atoms with Crippen LogP contribution >= 0.6 is 0 Å². The van der Waals surface area contributed by atoms with Gasteiger partial charge in [0.15, 0.2) is 0 Å². The van der Waals surface area contributed by atoms with Gasteiger partial charge >= 0.3 is 0 Å². The molecule has 0 aliphatic carbocycles. The van der Waals surface area contributed by atoms with Crippen molar-refractivity contribution in [1.82, 2.24) is 19.9 Å².